The van der Waals surface area contributed by atoms with E-state index < -0.39 is 10.0 Å². The van der Waals surface area contributed by atoms with Crippen molar-refractivity contribution in [2.24, 2.45) is 0 Å². The van der Waals surface area contributed by atoms with Gasteiger partial charge >= 0.3 is 0 Å². The minimum absolute atomic E-state index is 0.00778. The lowest BCUT2D eigenvalue weighted by atomic mass is 10.1. The Morgan fingerprint density at radius 3 is 2.35 bits per heavy atom. The minimum atomic E-state index is -3.57. The number of hydrogen-bond acceptors (Lipinski definition) is 4. The van der Waals surface area contributed by atoms with Crippen LogP contribution in [-0.4, -0.2) is 45.0 Å². The van der Waals surface area contributed by atoms with E-state index in [1.54, 1.807) is 17.0 Å². The number of likely N-dealkylation sites (tertiary alicyclic amines) is 1. The SMILES string of the molecule is CCCc1ccc(OCC(=O)N2CCC(NS(=O)(=O)c3ccc(C)c(C)c3)CC2)cc1. The first-order chi connectivity index (χ1) is 14.8. The molecule has 168 valence electrons. The quantitative estimate of drug-likeness (QED) is 0.675. The molecule has 1 aliphatic heterocycles. The van der Waals surface area contributed by atoms with E-state index in [9.17, 15) is 13.2 Å². The third-order valence-electron chi connectivity index (χ3n) is 5.78. The summed E-state index contributed by atoms with van der Waals surface area (Å²) >= 11 is 0. The molecule has 2 aromatic carbocycles. The molecule has 31 heavy (non-hydrogen) atoms. The summed E-state index contributed by atoms with van der Waals surface area (Å²) in [6.07, 6.45) is 3.29. The lowest BCUT2D eigenvalue weighted by Crippen LogP contribution is -2.47. The largest absolute Gasteiger partial charge is 0.484 e. The molecule has 0 radical (unpaired) electrons. The summed E-state index contributed by atoms with van der Waals surface area (Å²) < 4.78 is 33.8. The Bertz CT molecular complexity index is 995. The summed E-state index contributed by atoms with van der Waals surface area (Å²) in [6, 6.07) is 12.8. The van der Waals surface area contributed by atoms with Gasteiger partial charge in [-0.05, 0) is 74.1 Å². The van der Waals surface area contributed by atoms with Gasteiger partial charge in [0.05, 0.1) is 4.90 Å². The number of sulfonamides is 1. The molecule has 0 atom stereocenters. The summed E-state index contributed by atoms with van der Waals surface area (Å²) in [5.41, 5.74) is 3.26. The van der Waals surface area contributed by atoms with Gasteiger partial charge in [0.2, 0.25) is 10.0 Å². The number of nitrogens with one attached hydrogen (secondary N) is 1. The monoisotopic (exact) mass is 444 g/mol. The molecular formula is C24H32N2O4S. The molecule has 2 aromatic rings. The highest BCUT2D eigenvalue weighted by Crippen LogP contribution is 2.18. The molecule has 6 nitrogen and oxygen atoms in total. The van der Waals surface area contributed by atoms with Crippen LogP contribution in [0.1, 0.15) is 42.9 Å². The van der Waals surface area contributed by atoms with Gasteiger partial charge in [-0.15, -0.1) is 0 Å². The first-order valence-electron chi connectivity index (χ1n) is 10.9. The second kappa shape index (κ2) is 10.3. The minimum Gasteiger partial charge on any atom is -0.484 e. The Morgan fingerprint density at radius 2 is 1.74 bits per heavy atom. The third kappa shape index (κ3) is 6.31. The van der Waals surface area contributed by atoms with Crippen LogP contribution in [0.25, 0.3) is 0 Å². The number of piperidine rings is 1. The molecule has 1 amide bonds. The van der Waals surface area contributed by atoms with Crippen LogP contribution in [0, 0.1) is 13.8 Å². The molecule has 1 heterocycles. The molecule has 1 saturated heterocycles. The molecule has 7 heteroatoms. The number of nitrogens with zero attached hydrogens (tertiary/aromatic N) is 1. The van der Waals surface area contributed by atoms with Crippen molar-refractivity contribution < 1.29 is 17.9 Å². The van der Waals surface area contributed by atoms with Crippen molar-refractivity contribution in [1.82, 2.24) is 9.62 Å². The summed E-state index contributed by atoms with van der Waals surface area (Å²) in [7, 11) is -3.57. The second-order valence-electron chi connectivity index (χ2n) is 8.21. The maximum absolute atomic E-state index is 12.7. The molecule has 0 aliphatic carbocycles. The number of ether oxygens (including phenoxy) is 1. The van der Waals surface area contributed by atoms with Gasteiger partial charge in [0.1, 0.15) is 5.75 Å². The van der Waals surface area contributed by atoms with Gasteiger partial charge < -0.3 is 9.64 Å². The maximum atomic E-state index is 12.7. The Balaban J connectivity index is 1.47. The number of carbonyl (C=O) groups excluding carboxylic acids is 1. The maximum Gasteiger partial charge on any atom is 0.260 e. The zero-order valence-electron chi connectivity index (χ0n) is 18.6. The molecule has 1 N–H and O–H groups in total. The number of carbonyl (C=O) groups is 1. The van der Waals surface area contributed by atoms with Crippen molar-refractivity contribution in [2.75, 3.05) is 19.7 Å². The van der Waals surface area contributed by atoms with E-state index >= 15 is 0 Å². The van der Waals surface area contributed by atoms with Crippen LogP contribution in [0.2, 0.25) is 0 Å². The van der Waals surface area contributed by atoms with E-state index in [0.717, 1.165) is 24.0 Å². The predicted octanol–water partition coefficient (Wildman–Crippen LogP) is 3.60. The zero-order valence-corrected chi connectivity index (χ0v) is 19.4. The highest BCUT2D eigenvalue weighted by molar-refractivity contribution is 7.89. The van der Waals surface area contributed by atoms with Crippen molar-refractivity contribution in [3.8, 4) is 5.75 Å². The highest BCUT2D eigenvalue weighted by Gasteiger charge is 2.27. The summed E-state index contributed by atoms with van der Waals surface area (Å²) in [4.78, 5) is 14.5. The Morgan fingerprint density at radius 1 is 1.06 bits per heavy atom. The number of benzene rings is 2. The fourth-order valence-electron chi connectivity index (χ4n) is 3.69. The summed E-state index contributed by atoms with van der Waals surface area (Å²) in [6.45, 7) is 7.01. The van der Waals surface area contributed by atoms with Gasteiger partial charge in [0, 0.05) is 19.1 Å². The zero-order chi connectivity index (χ0) is 22.4. The number of amides is 1. The molecule has 3 rings (SSSR count). The van der Waals surface area contributed by atoms with E-state index in [1.165, 1.54) is 5.56 Å². The van der Waals surface area contributed by atoms with Crippen LogP contribution < -0.4 is 9.46 Å². The molecule has 1 aliphatic rings. The molecule has 0 bridgehead atoms. The normalized spacial score (nSPS) is 15.1. The van der Waals surface area contributed by atoms with Crippen LogP contribution in [-0.2, 0) is 21.2 Å². The van der Waals surface area contributed by atoms with Gasteiger partial charge in [0.25, 0.3) is 5.91 Å². The van der Waals surface area contributed by atoms with Gasteiger partial charge in [0.15, 0.2) is 6.61 Å². The van der Waals surface area contributed by atoms with E-state index in [2.05, 4.69) is 11.6 Å². The van der Waals surface area contributed by atoms with Crippen molar-refractivity contribution >= 4 is 15.9 Å². The van der Waals surface area contributed by atoms with Crippen molar-refractivity contribution in [2.45, 2.75) is 57.4 Å². The summed E-state index contributed by atoms with van der Waals surface area (Å²) in [5, 5.41) is 0. The lowest BCUT2D eigenvalue weighted by Gasteiger charge is -2.32. The average Bonchev–Trinajstić information content (AvgIpc) is 2.75. The topological polar surface area (TPSA) is 75.7 Å². The first-order valence-corrected chi connectivity index (χ1v) is 12.4. The second-order valence-corrected chi connectivity index (χ2v) is 9.92. The summed E-state index contributed by atoms with van der Waals surface area (Å²) in [5.74, 6) is 0.609. The fourth-order valence-corrected chi connectivity index (χ4v) is 5.08. The van der Waals surface area contributed by atoms with Crippen molar-refractivity contribution in [3.05, 3.63) is 59.2 Å². The standard InChI is InChI=1S/C24H32N2O4S/c1-4-5-20-7-9-22(10-8-20)30-17-24(27)26-14-12-21(13-15-26)25-31(28,29)23-11-6-18(2)19(3)16-23/h6-11,16,21,25H,4-5,12-15,17H2,1-3H3. The van der Waals surface area contributed by atoms with Crippen LogP contribution in [0.3, 0.4) is 0 Å². The third-order valence-corrected chi connectivity index (χ3v) is 7.30. The average molecular weight is 445 g/mol. The van der Waals surface area contributed by atoms with E-state index in [-0.39, 0.29) is 23.5 Å². The van der Waals surface area contributed by atoms with Crippen LogP contribution in [0.5, 0.6) is 5.75 Å². The number of rotatable bonds is 8. The molecule has 0 saturated carbocycles. The number of hydrogen-bond donors (Lipinski definition) is 1. The molecule has 0 aromatic heterocycles. The Hall–Kier alpha value is -2.38. The first kappa shape index (κ1) is 23.3. The van der Waals surface area contributed by atoms with E-state index in [1.807, 2.05) is 44.2 Å². The molecule has 1 fully saturated rings. The molecular weight excluding hydrogens is 412 g/mol. The van der Waals surface area contributed by atoms with Crippen LogP contribution in [0.15, 0.2) is 47.4 Å². The highest BCUT2D eigenvalue weighted by atomic mass is 32.2. The predicted molar refractivity (Wildman–Crippen MR) is 122 cm³/mol. The van der Waals surface area contributed by atoms with Crippen molar-refractivity contribution in [3.63, 3.8) is 0 Å². The van der Waals surface area contributed by atoms with Gasteiger partial charge in [-0.1, -0.05) is 31.5 Å². The fraction of sp³-hybridized carbons (Fsp3) is 0.458. The van der Waals surface area contributed by atoms with E-state index in [0.29, 0.717) is 31.7 Å². The van der Waals surface area contributed by atoms with Gasteiger partial charge in [-0.3, -0.25) is 4.79 Å². The molecule has 0 unspecified atom stereocenters. The Kier molecular flexibility index (Phi) is 7.73. The lowest BCUT2D eigenvalue weighted by molar-refractivity contribution is -0.134. The van der Waals surface area contributed by atoms with Gasteiger partial charge in [-0.2, -0.15) is 0 Å². The van der Waals surface area contributed by atoms with E-state index in [4.69, 9.17) is 4.74 Å². The molecule has 0 spiro atoms. The van der Waals surface area contributed by atoms with Gasteiger partial charge in [-0.25, -0.2) is 13.1 Å². The van der Waals surface area contributed by atoms with Crippen LogP contribution in [0.4, 0.5) is 0 Å². The van der Waals surface area contributed by atoms with Crippen LogP contribution >= 0.6 is 0 Å². The smallest absolute Gasteiger partial charge is 0.260 e. The van der Waals surface area contributed by atoms with Crippen molar-refractivity contribution in [1.29, 1.82) is 0 Å². The number of aryl methyl sites for hydroxylation is 3. The Labute approximate surface area is 185 Å².